The number of oxazole rings is 1. The molecule has 1 saturated carbocycles. The van der Waals surface area contributed by atoms with Gasteiger partial charge in [0.15, 0.2) is 0 Å². The Hall–Kier alpha value is -1.40. The number of piperidine rings is 1. The molecule has 3 heterocycles. The average molecular weight is 375 g/mol. The molecular weight excluding hydrogens is 340 g/mol. The first-order chi connectivity index (χ1) is 13.1. The van der Waals surface area contributed by atoms with Crippen LogP contribution in [0.3, 0.4) is 0 Å². The highest BCUT2D eigenvalue weighted by Gasteiger charge is 2.38. The maximum Gasteiger partial charge on any atom is 0.237 e. The summed E-state index contributed by atoms with van der Waals surface area (Å²) in [7, 11) is 0. The van der Waals surface area contributed by atoms with Gasteiger partial charge in [-0.2, -0.15) is 0 Å². The Labute approximate surface area is 162 Å². The van der Waals surface area contributed by atoms with Crippen molar-refractivity contribution in [1.82, 2.24) is 20.5 Å². The summed E-state index contributed by atoms with van der Waals surface area (Å²) in [5.41, 5.74) is 0.989. The van der Waals surface area contributed by atoms with E-state index in [1.165, 1.54) is 25.7 Å². The van der Waals surface area contributed by atoms with E-state index >= 15 is 0 Å². The number of hydrogen-bond acceptors (Lipinski definition) is 5. The number of fused-ring (bicyclic) bond motifs is 1. The van der Waals surface area contributed by atoms with Crippen molar-refractivity contribution >= 4 is 5.91 Å². The largest absolute Gasteiger partial charge is 0.444 e. The number of nitrogens with zero attached hydrogens (tertiary/aromatic N) is 2. The lowest BCUT2D eigenvalue weighted by Crippen LogP contribution is -2.45. The Morgan fingerprint density at radius 1 is 1.22 bits per heavy atom. The number of aromatic nitrogens is 1. The van der Waals surface area contributed by atoms with Gasteiger partial charge < -0.3 is 15.1 Å². The molecule has 2 saturated heterocycles. The van der Waals surface area contributed by atoms with Crippen molar-refractivity contribution in [3.8, 4) is 0 Å². The summed E-state index contributed by atoms with van der Waals surface area (Å²) in [6.07, 6.45) is 8.48. The van der Waals surface area contributed by atoms with Crippen LogP contribution >= 0.6 is 0 Å². The summed E-state index contributed by atoms with van der Waals surface area (Å²) < 4.78 is 5.70. The van der Waals surface area contributed by atoms with Gasteiger partial charge in [-0.25, -0.2) is 4.98 Å². The van der Waals surface area contributed by atoms with Crippen LogP contribution in [0.5, 0.6) is 0 Å². The minimum atomic E-state index is 0.0368. The SMILES string of the molecule is Cc1nc(CN2CCC(CNC(=O)C3CC4CCCCC4N3)CC2)oc1C. The molecule has 6 nitrogen and oxygen atoms in total. The van der Waals surface area contributed by atoms with Crippen molar-refractivity contribution in [2.75, 3.05) is 19.6 Å². The lowest BCUT2D eigenvalue weighted by molar-refractivity contribution is -0.123. The molecule has 1 aromatic rings. The van der Waals surface area contributed by atoms with Crippen LogP contribution in [0.25, 0.3) is 0 Å². The van der Waals surface area contributed by atoms with Crippen LogP contribution in [0, 0.1) is 25.7 Å². The second kappa shape index (κ2) is 8.31. The number of carbonyl (C=O) groups is 1. The van der Waals surface area contributed by atoms with Crippen LogP contribution in [-0.2, 0) is 11.3 Å². The molecule has 1 amide bonds. The van der Waals surface area contributed by atoms with E-state index in [9.17, 15) is 4.79 Å². The van der Waals surface area contributed by atoms with Crippen molar-refractivity contribution < 1.29 is 9.21 Å². The molecule has 150 valence electrons. The van der Waals surface area contributed by atoms with Gasteiger partial charge in [-0.3, -0.25) is 9.69 Å². The van der Waals surface area contributed by atoms with Gasteiger partial charge in [-0.1, -0.05) is 12.8 Å². The number of rotatable bonds is 5. The first-order valence-electron chi connectivity index (χ1n) is 10.8. The highest BCUT2D eigenvalue weighted by atomic mass is 16.4. The fraction of sp³-hybridized carbons (Fsp3) is 0.810. The molecule has 3 unspecified atom stereocenters. The summed E-state index contributed by atoms with van der Waals surface area (Å²) in [5, 5.41) is 6.81. The molecule has 0 aromatic carbocycles. The number of hydrogen-bond donors (Lipinski definition) is 2. The molecule has 4 rings (SSSR count). The van der Waals surface area contributed by atoms with Crippen molar-refractivity contribution in [3.05, 3.63) is 17.3 Å². The van der Waals surface area contributed by atoms with E-state index in [0.717, 1.165) is 68.7 Å². The number of likely N-dealkylation sites (tertiary alicyclic amines) is 1. The molecule has 3 fully saturated rings. The third kappa shape index (κ3) is 4.54. The molecule has 0 radical (unpaired) electrons. The molecule has 1 aliphatic carbocycles. The van der Waals surface area contributed by atoms with Gasteiger partial charge in [0.1, 0.15) is 5.76 Å². The van der Waals surface area contributed by atoms with Gasteiger partial charge in [0.2, 0.25) is 11.8 Å². The molecule has 2 N–H and O–H groups in total. The Kier molecular flexibility index (Phi) is 5.83. The van der Waals surface area contributed by atoms with E-state index in [2.05, 4.69) is 20.5 Å². The van der Waals surface area contributed by atoms with Crippen molar-refractivity contribution in [2.45, 2.75) is 77.4 Å². The summed E-state index contributed by atoms with van der Waals surface area (Å²) in [6, 6.07) is 0.620. The van der Waals surface area contributed by atoms with E-state index in [1.807, 2.05) is 13.8 Å². The standard InChI is InChI=1S/C21H34N4O2/c1-14-15(2)27-20(23-14)13-25-9-7-16(8-10-25)12-22-21(26)19-11-17-5-3-4-6-18(17)24-19/h16-19,24H,3-13H2,1-2H3,(H,22,26). The summed E-state index contributed by atoms with van der Waals surface area (Å²) >= 11 is 0. The van der Waals surface area contributed by atoms with E-state index in [0.29, 0.717) is 12.0 Å². The Morgan fingerprint density at radius 2 is 2.00 bits per heavy atom. The van der Waals surface area contributed by atoms with Crippen LogP contribution < -0.4 is 10.6 Å². The molecule has 0 bridgehead atoms. The maximum atomic E-state index is 12.6. The molecular formula is C21H34N4O2. The first kappa shape index (κ1) is 18.9. The fourth-order valence-electron chi connectivity index (χ4n) is 5.04. The topological polar surface area (TPSA) is 70.4 Å². The zero-order valence-electron chi connectivity index (χ0n) is 16.8. The number of amides is 1. The highest BCUT2D eigenvalue weighted by Crippen LogP contribution is 2.33. The monoisotopic (exact) mass is 374 g/mol. The second-order valence-electron chi connectivity index (χ2n) is 8.82. The third-order valence-corrected chi connectivity index (χ3v) is 6.88. The minimum Gasteiger partial charge on any atom is -0.444 e. The highest BCUT2D eigenvalue weighted by molar-refractivity contribution is 5.82. The quantitative estimate of drug-likeness (QED) is 0.829. The molecule has 1 aromatic heterocycles. The van der Waals surface area contributed by atoms with Gasteiger partial charge in [-0.15, -0.1) is 0 Å². The zero-order chi connectivity index (χ0) is 18.8. The summed E-state index contributed by atoms with van der Waals surface area (Å²) in [6.45, 7) is 7.67. The smallest absolute Gasteiger partial charge is 0.237 e. The lowest BCUT2D eigenvalue weighted by atomic mass is 9.85. The lowest BCUT2D eigenvalue weighted by Gasteiger charge is -2.31. The third-order valence-electron chi connectivity index (χ3n) is 6.88. The van der Waals surface area contributed by atoms with E-state index in [-0.39, 0.29) is 11.9 Å². The van der Waals surface area contributed by atoms with Crippen molar-refractivity contribution in [2.24, 2.45) is 11.8 Å². The van der Waals surface area contributed by atoms with Crippen LogP contribution in [0.2, 0.25) is 0 Å². The minimum absolute atomic E-state index is 0.0368. The molecule has 3 atom stereocenters. The summed E-state index contributed by atoms with van der Waals surface area (Å²) in [5.74, 6) is 3.27. The van der Waals surface area contributed by atoms with Gasteiger partial charge in [-0.05, 0) is 70.9 Å². The van der Waals surface area contributed by atoms with Crippen molar-refractivity contribution in [3.63, 3.8) is 0 Å². The molecule has 3 aliphatic rings. The van der Waals surface area contributed by atoms with Crippen LogP contribution in [0.1, 0.15) is 62.3 Å². The van der Waals surface area contributed by atoms with Crippen molar-refractivity contribution in [1.29, 1.82) is 0 Å². The Morgan fingerprint density at radius 3 is 2.70 bits per heavy atom. The second-order valence-corrected chi connectivity index (χ2v) is 8.82. The zero-order valence-corrected chi connectivity index (χ0v) is 16.8. The number of nitrogens with one attached hydrogen (secondary N) is 2. The van der Waals surface area contributed by atoms with Gasteiger partial charge in [0.25, 0.3) is 0 Å². The Balaban J connectivity index is 1.17. The molecule has 6 heteroatoms. The first-order valence-corrected chi connectivity index (χ1v) is 10.8. The van der Waals surface area contributed by atoms with Crippen LogP contribution in [0.4, 0.5) is 0 Å². The van der Waals surface area contributed by atoms with Crippen LogP contribution in [0.15, 0.2) is 4.42 Å². The predicted octanol–water partition coefficient (Wildman–Crippen LogP) is 2.54. The molecule has 0 spiro atoms. The van der Waals surface area contributed by atoms with Gasteiger partial charge >= 0.3 is 0 Å². The maximum absolute atomic E-state index is 12.6. The van der Waals surface area contributed by atoms with Crippen LogP contribution in [-0.4, -0.2) is 47.5 Å². The van der Waals surface area contributed by atoms with E-state index in [4.69, 9.17) is 4.42 Å². The fourth-order valence-corrected chi connectivity index (χ4v) is 5.04. The predicted molar refractivity (Wildman–Crippen MR) is 104 cm³/mol. The number of aryl methyl sites for hydroxylation is 2. The number of carbonyl (C=O) groups excluding carboxylic acids is 1. The van der Waals surface area contributed by atoms with E-state index in [1.54, 1.807) is 0 Å². The summed E-state index contributed by atoms with van der Waals surface area (Å²) in [4.78, 5) is 19.5. The molecule has 27 heavy (non-hydrogen) atoms. The van der Waals surface area contributed by atoms with E-state index < -0.39 is 0 Å². The van der Waals surface area contributed by atoms with Gasteiger partial charge in [0, 0.05) is 12.6 Å². The molecule has 2 aliphatic heterocycles. The average Bonchev–Trinajstić information content (AvgIpc) is 3.24. The Bertz CT molecular complexity index is 617. The normalized spacial score (nSPS) is 29.6. The van der Waals surface area contributed by atoms with Gasteiger partial charge in [0.05, 0.1) is 18.3 Å².